The molecule has 1 atom stereocenters. The molecule has 1 saturated heterocycles. The Morgan fingerprint density at radius 2 is 2.04 bits per heavy atom. The van der Waals surface area contributed by atoms with Gasteiger partial charge in [-0.05, 0) is 30.9 Å². The molecule has 1 amide bonds. The number of nitrogens with zero attached hydrogens (tertiary/aromatic N) is 2. The average Bonchev–Trinajstić information content (AvgIpc) is 2.64. The number of hydrogen-bond donors (Lipinski definition) is 2. The minimum absolute atomic E-state index is 0.0379. The van der Waals surface area contributed by atoms with Crippen molar-refractivity contribution in [3.63, 3.8) is 0 Å². The summed E-state index contributed by atoms with van der Waals surface area (Å²) in [6, 6.07) is 10.3. The first-order chi connectivity index (χ1) is 12.5. The van der Waals surface area contributed by atoms with Gasteiger partial charge in [-0.2, -0.15) is 0 Å². The molecule has 1 fully saturated rings. The molecule has 1 aliphatic heterocycles. The summed E-state index contributed by atoms with van der Waals surface area (Å²) in [5, 5.41) is 2.84. The summed E-state index contributed by atoms with van der Waals surface area (Å²) in [5.41, 5.74) is 0.0632. The molecule has 2 aromatic rings. The summed E-state index contributed by atoms with van der Waals surface area (Å²) in [6.45, 7) is 3.40. The highest BCUT2D eigenvalue weighted by molar-refractivity contribution is 5.93. The number of hydrogen-bond acceptors (Lipinski definition) is 4. The normalized spacial score (nSPS) is 17.8. The van der Waals surface area contributed by atoms with Gasteiger partial charge in [0.2, 0.25) is 0 Å². The van der Waals surface area contributed by atoms with Crippen LogP contribution in [-0.2, 0) is 13.6 Å². The number of piperidine rings is 1. The molecule has 1 aromatic heterocycles. The highest BCUT2D eigenvalue weighted by Gasteiger charge is 2.21. The lowest BCUT2D eigenvalue weighted by molar-refractivity contribution is 0.0928. The molecule has 2 N–H and O–H groups in total. The van der Waals surface area contributed by atoms with Gasteiger partial charge >= 0.3 is 5.69 Å². The Balaban J connectivity index is 1.56. The highest BCUT2D eigenvalue weighted by Crippen LogP contribution is 2.18. The van der Waals surface area contributed by atoms with Crippen molar-refractivity contribution in [2.75, 3.05) is 19.6 Å². The van der Waals surface area contributed by atoms with Crippen LogP contribution in [0.1, 0.15) is 28.8 Å². The Labute approximate surface area is 151 Å². The van der Waals surface area contributed by atoms with Gasteiger partial charge in [0.05, 0.1) is 0 Å². The molecule has 26 heavy (non-hydrogen) atoms. The zero-order chi connectivity index (χ0) is 18.5. The van der Waals surface area contributed by atoms with Gasteiger partial charge in [0.1, 0.15) is 5.56 Å². The Kier molecular flexibility index (Phi) is 5.68. The molecular formula is C19H24N4O3. The van der Waals surface area contributed by atoms with Crippen molar-refractivity contribution in [3.8, 4) is 0 Å². The number of aromatic amines is 1. The van der Waals surface area contributed by atoms with E-state index in [2.05, 4.69) is 27.3 Å². The lowest BCUT2D eigenvalue weighted by atomic mass is 9.97. The molecule has 0 bridgehead atoms. The van der Waals surface area contributed by atoms with Crippen molar-refractivity contribution in [1.82, 2.24) is 19.8 Å². The average molecular weight is 356 g/mol. The number of likely N-dealkylation sites (tertiary alicyclic amines) is 1. The van der Waals surface area contributed by atoms with Crippen LogP contribution in [0, 0.1) is 5.92 Å². The molecule has 0 saturated carbocycles. The largest absolute Gasteiger partial charge is 0.351 e. The molecule has 1 aromatic carbocycles. The SMILES string of the molecule is Cn1cc(C(=O)NCC2CCCN(Cc3ccccc3)C2)c(=O)[nH]c1=O. The molecule has 0 aliphatic carbocycles. The van der Waals surface area contributed by atoms with Crippen molar-refractivity contribution < 1.29 is 4.79 Å². The van der Waals surface area contributed by atoms with Gasteiger partial charge in [0, 0.05) is 32.9 Å². The molecule has 2 heterocycles. The van der Waals surface area contributed by atoms with E-state index in [-0.39, 0.29) is 5.56 Å². The second-order valence-electron chi connectivity index (χ2n) is 6.85. The van der Waals surface area contributed by atoms with Gasteiger partial charge in [-0.3, -0.25) is 19.5 Å². The standard InChI is InChI=1S/C19H24N4O3/c1-22-13-16(18(25)21-19(22)26)17(24)20-10-15-8-5-9-23(12-15)11-14-6-3-2-4-7-14/h2-4,6-7,13,15H,5,8-12H2,1H3,(H,20,24)(H,21,25,26). The fourth-order valence-electron chi connectivity index (χ4n) is 3.36. The summed E-state index contributed by atoms with van der Waals surface area (Å²) >= 11 is 0. The van der Waals surface area contributed by atoms with E-state index in [1.54, 1.807) is 0 Å². The van der Waals surface area contributed by atoms with Gasteiger partial charge in [0.25, 0.3) is 11.5 Å². The van der Waals surface area contributed by atoms with E-state index < -0.39 is 17.2 Å². The van der Waals surface area contributed by atoms with E-state index in [4.69, 9.17) is 0 Å². The van der Waals surface area contributed by atoms with E-state index in [1.165, 1.54) is 23.4 Å². The zero-order valence-corrected chi connectivity index (χ0v) is 14.9. The van der Waals surface area contributed by atoms with Crippen LogP contribution in [0.5, 0.6) is 0 Å². The Morgan fingerprint density at radius 3 is 2.81 bits per heavy atom. The van der Waals surface area contributed by atoms with Crippen molar-refractivity contribution in [1.29, 1.82) is 0 Å². The minimum atomic E-state index is -0.653. The van der Waals surface area contributed by atoms with Crippen LogP contribution < -0.4 is 16.6 Å². The van der Waals surface area contributed by atoms with Crippen molar-refractivity contribution in [2.45, 2.75) is 19.4 Å². The van der Waals surface area contributed by atoms with E-state index in [1.807, 2.05) is 18.2 Å². The second-order valence-corrected chi connectivity index (χ2v) is 6.85. The fraction of sp³-hybridized carbons (Fsp3) is 0.421. The van der Waals surface area contributed by atoms with Crippen LogP contribution in [0.3, 0.4) is 0 Å². The van der Waals surface area contributed by atoms with Gasteiger partial charge < -0.3 is 9.88 Å². The van der Waals surface area contributed by atoms with Gasteiger partial charge in [-0.1, -0.05) is 30.3 Å². The lowest BCUT2D eigenvalue weighted by Gasteiger charge is -2.32. The van der Waals surface area contributed by atoms with Crippen LogP contribution in [0.2, 0.25) is 0 Å². The van der Waals surface area contributed by atoms with Crippen molar-refractivity contribution in [2.24, 2.45) is 13.0 Å². The fourth-order valence-corrected chi connectivity index (χ4v) is 3.36. The van der Waals surface area contributed by atoms with Gasteiger partial charge in [-0.15, -0.1) is 0 Å². The number of aryl methyl sites for hydroxylation is 1. The van der Waals surface area contributed by atoms with Crippen LogP contribution >= 0.6 is 0 Å². The first kappa shape index (κ1) is 18.1. The van der Waals surface area contributed by atoms with Crippen LogP contribution in [-0.4, -0.2) is 40.0 Å². The van der Waals surface area contributed by atoms with E-state index >= 15 is 0 Å². The number of carbonyl (C=O) groups excluding carboxylic acids is 1. The van der Waals surface area contributed by atoms with E-state index in [9.17, 15) is 14.4 Å². The van der Waals surface area contributed by atoms with Crippen LogP contribution in [0.4, 0.5) is 0 Å². The predicted octanol–water partition coefficient (Wildman–Crippen LogP) is 0.716. The number of H-pyrrole nitrogens is 1. The highest BCUT2D eigenvalue weighted by atomic mass is 16.2. The number of nitrogens with one attached hydrogen (secondary N) is 2. The molecule has 1 unspecified atom stereocenters. The number of rotatable bonds is 5. The maximum atomic E-state index is 12.3. The maximum absolute atomic E-state index is 12.3. The Bertz CT molecular complexity index is 872. The molecule has 138 valence electrons. The summed E-state index contributed by atoms with van der Waals surface area (Å²) < 4.78 is 1.19. The second kappa shape index (κ2) is 8.14. The van der Waals surface area contributed by atoms with Crippen molar-refractivity contribution in [3.05, 3.63) is 68.5 Å². The van der Waals surface area contributed by atoms with Gasteiger partial charge in [0.15, 0.2) is 0 Å². The van der Waals surface area contributed by atoms with Crippen LogP contribution in [0.25, 0.3) is 0 Å². The smallest absolute Gasteiger partial charge is 0.328 e. The maximum Gasteiger partial charge on any atom is 0.328 e. The molecular weight excluding hydrogens is 332 g/mol. The summed E-state index contributed by atoms with van der Waals surface area (Å²) in [4.78, 5) is 40.0. The third-order valence-corrected chi connectivity index (χ3v) is 4.76. The topological polar surface area (TPSA) is 87.2 Å². The lowest BCUT2D eigenvalue weighted by Crippen LogP contribution is -2.42. The summed E-state index contributed by atoms with van der Waals surface area (Å²) in [7, 11) is 1.50. The summed E-state index contributed by atoms with van der Waals surface area (Å²) in [5.74, 6) is -0.0925. The van der Waals surface area contributed by atoms with Crippen molar-refractivity contribution >= 4 is 5.91 Å². The molecule has 7 nitrogen and oxygen atoms in total. The first-order valence-corrected chi connectivity index (χ1v) is 8.87. The Morgan fingerprint density at radius 1 is 1.27 bits per heavy atom. The number of carbonyl (C=O) groups is 1. The van der Waals surface area contributed by atoms with Crippen LogP contribution in [0.15, 0.2) is 46.1 Å². The molecule has 1 aliphatic rings. The number of amides is 1. The minimum Gasteiger partial charge on any atom is -0.351 e. The Hall–Kier alpha value is -2.67. The summed E-state index contributed by atoms with van der Waals surface area (Å²) in [6.07, 6.45) is 3.42. The van der Waals surface area contributed by atoms with E-state index in [0.717, 1.165) is 32.5 Å². The number of benzene rings is 1. The third kappa shape index (κ3) is 4.49. The molecule has 0 radical (unpaired) electrons. The monoisotopic (exact) mass is 356 g/mol. The third-order valence-electron chi connectivity index (χ3n) is 4.76. The molecule has 0 spiro atoms. The first-order valence-electron chi connectivity index (χ1n) is 8.87. The molecule has 7 heteroatoms. The molecule has 3 rings (SSSR count). The van der Waals surface area contributed by atoms with Gasteiger partial charge in [-0.25, -0.2) is 4.79 Å². The zero-order valence-electron chi connectivity index (χ0n) is 14.9. The predicted molar refractivity (Wildman–Crippen MR) is 99.1 cm³/mol. The quantitative estimate of drug-likeness (QED) is 0.826. The number of aromatic nitrogens is 2. The van der Waals surface area contributed by atoms with E-state index in [0.29, 0.717) is 12.5 Å².